The molecule has 0 aliphatic heterocycles. The molecule has 0 bridgehead atoms. The molecule has 0 amide bonds. The van der Waals surface area contributed by atoms with Crippen molar-refractivity contribution in [2.24, 2.45) is 0 Å². The number of carbonyl (C=O) groups is 1. The van der Waals surface area contributed by atoms with Gasteiger partial charge in [-0.05, 0) is 51.2 Å². The first kappa shape index (κ1) is 33.6. The van der Waals surface area contributed by atoms with Crippen molar-refractivity contribution in [3.05, 3.63) is 0 Å². The van der Waals surface area contributed by atoms with Gasteiger partial charge < -0.3 is 14.7 Å². The van der Waals surface area contributed by atoms with E-state index in [0.717, 1.165) is 37.6 Å². The van der Waals surface area contributed by atoms with E-state index >= 15 is 0 Å². The second-order valence-corrected chi connectivity index (χ2v) is 10.9. The SMILES string of the molecule is CC.CCN(CCC(=O)O)CCC(C)(C)OCCSCCSCCCCCCCCS. The number of carboxylic acids is 1. The van der Waals surface area contributed by atoms with Crippen LogP contribution in [0.15, 0.2) is 0 Å². The van der Waals surface area contributed by atoms with Crippen molar-refractivity contribution in [2.45, 2.75) is 91.6 Å². The third-order valence-corrected chi connectivity index (χ3v) is 7.50. The molecule has 0 aromatic carbocycles. The van der Waals surface area contributed by atoms with E-state index in [0.29, 0.717) is 6.54 Å². The summed E-state index contributed by atoms with van der Waals surface area (Å²) in [5, 5.41) is 8.82. The zero-order chi connectivity index (χ0) is 23.8. The van der Waals surface area contributed by atoms with Crippen molar-refractivity contribution in [1.82, 2.24) is 4.90 Å². The van der Waals surface area contributed by atoms with Gasteiger partial charge in [-0.15, -0.1) is 0 Å². The Balaban J connectivity index is 0. The van der Waals surface area contributed by atoms with E-state index in [1.807, 2.05) is 25.6 Å². The van der Waals surface area contributed by atoms with Gasteiger partial charge in [0.15, 0.2) is 0 Å². The van der Waals surface area contributed by atoms with Crippen molar-refractivity contribution < 1.29 is 14.6 Å². The normalized spacial score (nSPS) is 11.5. The lowest BCUT2D eigenvalue weighted by Gasteiger charge is -2.29. The van der Waals surface area contributed by atoms with Gasteiger partial charge in [-0.25, -0.2) is 0 Å². The van der Waals surface area contributed by atoms with Gasteiger partial charge in [-0.2, -0.15) is 36.2 Å². The molecule has 0 heterocycles. The number of nitrogens with zero attached hydrogens (tertiary/aromatic N) is 1. The summed E-state index contributed by atoms with van der Waals surface area (Å²) in [6, 6.07) is 0. The van der Waals surface area contributed by atoms with E-state index in [9.17, 15) is 4.79 Å². The molecule has 0 rings (SSSR count). The highest BCUT2D eigenvalue weighted by Crippen LogP contribution is 2.17. The van der Waals surface area contributed by atoms with Crippen LogP contribution in [-0.2, 0) is 9.53 Å². The summed E-state index contributed by atoms with van der Waals surface area (Å²) in [4.78, 5) is 12.9. The number of carboxylic acid groups (broad SMARTS) is 1. The molecule has 0 aliphatic rings. The third kappa shape index (κ3) is 26.6. The fraction of sp³-hybridized carbons (Fsp3) is 0.958. The number of thiol groups is 1. The van der Waals surface area contributed by atoms with Crippen LogP contribution in [0.5, 0.6) is 0 Å². The summed E-state index contributed by atoms with van der Waals surface area (Å²) in [6.45, 7) is 13.5. The van der Waals surface area contributed by atoms with Gasteiger partial charge in [0, 0.05) is 30.3 Å². The number of ether oxygens (including phenoxy) is 1. The van der Waals surface area contributed by atoms with Crippen LogP contribution in [0.3, 0.4) is 0 Å². The quantitative estimate of drug-likeness (QED) is 0.128. The number of rotatable bonds is 22. The van der Waals surface area contributed by atoms with E-state index in [-0.39, 0.29) is 12.0 Å². The van der Waals surface area contributed by atoms with Gasteiger partial charge >= 0.3 is 5.97 Å². The zero-order valence-corrected chi connectivity index (χ0v) is 23.5. The summed E-state index contributed by atoms with van der Waals surface area (Å²) in [5.74, 6) is 5.09. The summed E-state index contributed by atoms with van der Waals surface area (Å²) < 4.78 is 6.07. The largest absolute Gasteiger partial charge is 0.481 e. The van der Waals surface area contributed by atoms with Crippen molar-refractivity contribution in [3.63, 3.8) is 0 Å². The number of aliphatic carboxylic acids is 1. The molecule has 0 aliphatic carbocycles. The monoisotopic (exact) mass is 497 g/mol. The Labute approximate surface area is 207 Å². The van der Waals surface area contributed by atoms with E-state index in [1.165, 1.54) is 55.8 Å². The molecule has 31 heavy (non-hydrogen) atoms. The average molecular weight is 498 g/mol. The van der Waals surface area contributed by atoms with E-state index in [4.69, 9.17) is 9.84 Å². The Hall–Kier alpha value is 0.440. The van der Waals surface area contributed by atoms with Gasteiger partial charge in [0.25, 0.3) is 0 Å². The molecule has 0 unspecified atom stereocenters. The molecule has 1 N–H and O–H groups in total. The Morgan fingerprint density at radius 3 is 2.10 bits per heavy atom. The topological polar surface area (TPSA) is 49.8 Å². The fourth-order valence-corrected chi connectivity index (χ4v) is 5.09. The number of hydrogen-bond acceptors (Lipinski definition) is 6. The van der Waals surface area contributed by atoms with Crippen LogP contribution in [0.4, 0.5) is 0 Å². The van der Waals surface area contributed by atoms with Gasteiger partial charge in [-0.3, -0.25) is 4.79 Å². The smallest absolute Gasteiger partial charge is 0.304 e. The van der Waals surface area contributed by atoms with Crippen LogP contribution in [0.25, 0.3) is 0 Å². The van der Waals surface area contributed by atoms with Crippen molar-refractivity contribution in [1.29, 1.82) is 0 Å². The Morgan fingerprint density at radius 2 is 1.52 bits per heavy atom. The Bertz CT molecular complexity index is 385. The van der Waals surface area contributed by atoms with E-state index in [2.05, 4.69) is 50.1 Å². The molecule has 0 saturated heterocycles. The second kappa shape index (κ2) is 25.1. The Morgan fingerprint density at radius 1 is 0.935 bits per heavy atom. The average Bonchev–Trinajstić information content (AvgIpc) is 2.75. The number of unbranched alkanes of at least 4 members (excludes halogenated alkanes) is 5. The standard InChI is InChI=1S/C22H45NO3S3.C2H6/c1-4-23(13-11-21(24)25)14-12-22(2,3)26-15-18-29-20-19-28-17-10-8-6-5-7-9-16-27;1-2/h27H,4-20H2,1-3H3,(H,24,25);1-2H3. The highest BCUT2D eigenvalue weighted by molar-refractivity contribution is 8.02. The Kier molecular flexibility index (Phi) is 27.2. The molecule has 4 nitrogen and oxygen atoms in total. The third-order valence-electron chi connectivity index (χ3n) is 4.91. The van der Waals surface area contributed by atoms with Crippen LogP contribution in [0, 0.1) is 0 Å². The number of thioether (sulfide) groups is 2. The molecular weight excluding hydrogens is 446 g/mol. The molecular formula is C24H51NO3S3. The minimum absolute atomic E-state index is 0.154. The molecule has 0 radical (unpaired) electrons. The van der Waals surface area contributed by atoms with Crippen molar-refractivity contribution in [2.75, 3.05) is 55.0 Å². The van der Waals surface area contributed by atoms with Gasteiger partial charge in [0.05, 0.1) is 18.6 Å². The van der Waals surface area contributed by atoms with Crippen LogP contribution in [0.2, 0.25) is 0 Å². The van der Waals surface area contributed by atoms with Crippen LogP contribution < -0.4 is 0 Å². The first-order valence-corrected chi connectivity index (χ1v) is 15.2. The predicted molar refractivity (Wildman–Crippen MR) is 147 cm³/mol. The van der Waals surface area contributed by atoms with E-state index < -0.39 is 5.97 Å². The summed E-state index contributed by atoms with van der Waals surface area (Å²) in [7, 11) is 0. The molecule has 188 valence electrons. The van der Waals surface area contributed by atoms with E-state index in [1.54, 1.807) is 0 Å². The lowest BCUT2D eigenvalue weighted by Crippen LogP contribution is -2.34. The van der Waals surface area contributed by atoms with Crippen molar-refractivity contribution >= 4 is 42.1 Å². The molecule has 7 heteroatoms. The van der Waals surface area contributed by atoms with Crippen molar-refractivity contribution in [3.8, 4) is 0 Å². The lowest BCUT2D eigenvalue weighted by molar-refractivity contribution is -0.137. The zero-order valence-electron chi connectivity index (χ0n) is 21.0. The maximum Gasteiger partial charge on any atom is 0.304 e. The maximum absolute atomic E-state index is 10.7. The molecule has 0 fully saturated rings. The fourth-order valence-electron chi connectivity index (χ4n) is 2.90. The number of hydrogen-bond donors (Lipinski definition) is 2. The van der Waals surface area contributed by atoms with Crippen LogP contribution >= 0.6 is 36.2 Å². The first-order valence-electron chi connectivity index (χ1n) is 12.3. The predicted octanol–water partition coefficient (Wildman–Crippen LogP) is 6.73. The van der Waals surface area contributed by atoms with Crippen LogP contribution in [-0.4, -0.2) is 76.6 Å². The molecule has 0 atom stereocenters. The molecule has 0 aromatic rings. The molecule has 0 saturated carbocycles. The van der Waals surface area contributed by atoms with Gasteiger partial charge in [0.2, 0.25) is 0 Å². The minimum Gasteiger partial charge on any atom is -0.481 e. The van der Waals surface area contributed by atoms with Gasteiger partial charge in [0.1, 0.15) is 0 Å². The summed E-state index contributed by atoms with van der Waals surface area (Å²) in [6.07, 6.45) is 9.22. The lowest BCUT2D eigenvalue weighted by atomic mass is 10.0. The summed E-state index contributed by atoms with van der Waals surface area (Å²) in [5.41, 5.74) is -0.154. The highest BCUT2D eigenvalue weighted by Gasteiger charge is 2.19. The maximum atomic E-state index is 10.7. The molecule has 0 spiro atoms. The molecule has 0 aromatic heterocycles. The first-order chi connectivity index (χ1) is 14.9. The second-order valence-electron chi connectivity index (χ2n) is 8.01. The summed E-state index contributed by atoms with van der Waals surface area (Å²) >= 11 is 8.32. The van der Waals surface area contributed by atoms with Crippen LogP contribution in [0.1, 0.15) is 86.0 Å². The van der Waals surface area contributed by atoms with Gasteiger partial charge in [-0.1, -0.05) is 46.5 Å². The highest BCUT2D eigenvalue weighted by atomic mass is 32.2. The minimum atomic E-state index is -0.728.